The van der Waals surface area contributed by atoms with E-state index in [0.717, 1.165) is 37.3 Å². The summed E-state index contributed by atoms with van der Waals surface area (Å²) in [7, 11) is 1.80. The number of rotatable bonds is 6. The second kappa shape index (κ2) is 9.67. The molecule has 1 aliphatic rings. The minimum atomic E-state index is -0.133. The van der Waals surface area contributed by atoms with Crippen LogP contribution in [0, 0.1) is 0 Å². The number of aromatic nitrogens is 4. The average molecular weight is 417 g/mol. The van der Waals surface area contributed by atoms with Gasteiger partial charge in [0.1, 0.15) is 0 Å². The van der Waals surface area contributed by atoms with Gasteiger partial charge in [0.2, 0.25) is 11.9 Å². The van der Waals surface area contributed by atoms with Crippen LogP contribution in [-0.4, -0.2) is 38.7 Å². The lowest BCUT2D eigenvalue weighted by Crippen LogP contribution is -2.27. The minimum absolute atomic E-state index is 0. The van der Waals surface area contributed by atoms with Crippen molar-refractivity contribution < 1.29 is 9.21 Å². The van der Waals surface area contributed by atoms with Crippen LogP contribution in [-0.2, 0) is 18.3 Å². The highest BCUT2D eigenvalue weighted by Gasteiger charge is 2.21. The van der Waals surface area contributed by atoms with E-state index in [1.165, 1.54) is 0 Å². The summed E-state index contributed by atoms with van der Waals surface area (Å²) in [6.45, 7) is 1.96. The number of amides is 1. The minimum Gasteiger partial charge on any atom is -0.441 e. The molecule has 0 unspecified atom stereocenters. The Morgan fingerprint density at radius 2 is 2.03 bits per heavy atom. The average Bonchev–Trinajstić information content (AvgIpc) is 3.35. The molecule has 1 fully saturated rings. The molecule has 154 valence electrons. The van der Waals surface area contributed by atoms with Gasteiger partial charge in [0.25, 0.3) is 0 Å². The number of oxazole rings is 1. The highest BCUT2D eigenvalue weighted by atomic mass is 35.5. The number of hydrogen-bond acceptors (Lipinski definition) is 6. The van der Waals surface area contributed by atoms with Crippen molar-refractivity contribution in [1.82, 2.24) is 25.1 Å². The molecule has 0 radical (unpaired) electrons. The van der Waals surface area contributed by atoms with Crippen molar-refractivity contribution >= 4 is 24.3 Å². The Labute approximate surface area is 175 Å². The van der Waals surface area contributed by atoms with E-state index in [4.69, 9.17) is 4.42 Å². The van der Waals surface area contributed by atoms with Gasteiger partial charge in [-0.05, 0) is 25.9 Å². The van der Waals surface area contributed by atoms with E-state index < -0.39 is 0 Å². The zero-order valence-electron chi connectivity index (χ0n) is 16.3. The van der Waals surface area contributed by atoms with Crippen molar-refractivity contribution in [1.29, 1.82) is 0 Å². The molecule has 0 spiro atoms. The summed E-state index contributed by atoms with van der Waals surface area (Å²) in [6, 6.07) is 9.78. The van der Waals surface area contributed by atoms with E-state index in [9.17, 15) is 4.79 Å². The number of nitrogens with zero attached hydrogens (tertiary/aromatic N) is 4. The lowest BCUT2D eigenvalue weighted by atomic mass is 9.98. The maximum atomic E-state index is 12.3. The predicted molar refractivity (Wildman–Crippen MR) is 112 cm³/mol. The Hall–Kier alpha value is -2.71. The first kappa shape index (κ1) is 21.0. The summed E-state index contributed by atoms with van der Waals surface area (Å²) < 4.78 is 7.38. The highest BCUT2D eigenvalue weighted by molar-refractivity contribution is 5.89. The van der Waals surface area contributed by atoms with Gasteiger partial charge in [-0.2, -0.15) is 10.1 Å². The summed E-state index contributed by atoms with van der Waals surface area (Å²) in [5.41, 5.74) is 0.968. The molecular formula is C20H25ClN6O2. The van der Waals surface area contributed by atoms with Crippen molar-refractivity contribution in [2.45, 2.75) is 31.6 Å². The molecule has 0 saturated carbocycles. The van der Waals surface area contributed by atoms with Gasteiger partial charge < -0.3 is 9.73 Å². The largest absolute Gasteiger partial charge is 0.441 e. The molecule has 3 heterocycles. The maximum Gasteiger partial charge on any atom is 0.227 e. The third kappa shape index (κ3) is 5.21. The number of nitrogens with one attached hydrogen (secondary N) is 2. The van der Waals surface area contributed by atoms with Gasteiger partial charge in [-0.1, -0.05) is 30.3 Å². The third-order valence-corrected chi connectivity index (χ3v) is 4.91. The van der Waals surface area contributed by atoms with Crippen LogP contribution < -0.4 is 10.6 Å². The lowest BCUT2D eigenvalue weighted by molar-refractivity contribution is -0.116. The summed E-state index contributed by atoms with van der Waals surface area (Å²) in [5, 5.41) is 10.7. The van der Waals surface area contributed by atoms with Crippen molar-refractivity contribution in [3.05, 3.63) is 48.2 Å². The standard InChI is InChI=1S/C20H24N6O2.ClH/c1-26-20(24-19(25-26)15-9-11-21-12-10-15)23-17(27)7-8-18-22-13-16(28-18)14-5-3-2-4-6-14;/h2-6,13,15,21H,7-12H2,1H3,(H,23,24,25,27);1H. The first-order chi connectivity index (χ1) is 13.7. The predicted octanol–water partition coefficient (Wildman–Crippen LogP) is 2.93. The fraction of sp³-hybridized carbons (Fsp3) is 0.400. The second-order valence-corrected chi connectivity index (χ2v) is 6.97. The third-order valence-electron chi connectivity index (χ3n) is 4.91. The quantitative estimate of drug-likeness (QED) is 0.641. The van der Waals surface area contributed by atoms with E-state index in [2.05, 4.69) is 25.7 Å². The van der Waals surface area contributed by atoms with Crippen molar-refractivity contribution in [2.75, 3.05) is 18.4 Å². The monoisotopic (exact) mass is 416 g/mol. The summed E-state index contributed by atoms with van der Waals surface area (Å²) in [5.74, 6) is 2.75. The fourth-order valence-corrected chi connectivity index (χ4v) is 3.34. The van der Waals surface area contributed by atoms with Crippen molar-refractivity contribution in [3.8, 4) is 11.3 Å². The van der Waals surface area contributed by atoms with E-state index >= 15 is 0 Å². The van der Waals surface area contributed by atoms with Crippen LogP contribution in [0.2, 0.25) is 0 Å². The molecule has 3 aromatic rings. The molecule has 8 nitrogen and oxygen atoms in total. The number of carbonyl (C=O) groups excluding carboxylic acids is 1. The van der Waals surface area contributed by atoms with E-state index in [-0.39, 0.29) is 24.7 Å². The van der Waals surface area contributed by atoms with Crippen LogP contribution in [0.15, 0.2) is 40.9 Å². The smallest absolute Gasteiger partial charge is 0.227 e. The van der Waals surface area contributed by atoms with Crippen molar-refractivity contribution in [3.63, 3.8) is 0 Å². The van der Waals surface area contributed by atoms with Gasteiger partial charge in [0.05, 0.1) is 6.20 Å². The van der Waals surface area contributed by atoms with Crippen LogP contribution >= 0.6 is 12.4 Å². The Kier molecular flexibility index (Phi) is 7.00. The number of aryl methyl sites for hydroxylation is 2. The number of halogens is 1. The molecule has 1 aliphatic heterocycles. The van der Waals surface area contributed by atoms with Crippen molar-refractivity contribution in [2.24, 2.45) is 7.05 Å². The Morgan fingerprint density at radius 1 is 1.28 bits per heavy atom. The molecule has 29 heavy (non-hydrogen) atoms. The molecule has 1 amide bonds. The SMILES string of the molecule is Cl.Cn1nc(C2CCNCC2)nc1NC(=O)CCc1ncc(-c2ccccc2)o1. The second-order valence-electron chi connectivity index (χ2n) is 6.97. The van der Waals surface area contributed by atoms with Gasteiger partial charge >= 0.3 is 0 Å². The zero-order chi connectivity index (χ0) is 19.3. The molecular weight excluding hydrogens is 392 g/mol. The van der Waals surface area contributed by atoms with Gasteiger partial charge in [-0.15, -0.1) is 12.4 Å². The molecule has 0 atom stereocenters. The summed E-state index contributed by atoms with van der Waals surface area (Å²) in [4.78, 5) is 21.1. The van der Waals surface area contributed by atoms with Gasteiger partial charge in [-0.3, -0.25) is 10.1 Å². The molecule has 9 heteroatoms. The zero-order valence-corrected chi connectivity index (χ0v) is 17.1. The Morgan fingerprint density at radius 3 is 2.79 bits per heavy atom. The van der Waals surface area contributed by atoms with Gasteiger partial charge in [0, 0.05) is 31.4 Å². The van der Waals surface area contributed by atoms with Gasteiger partial charge in [-0.25, -0.2) is 9.67 Å². The van der Waals surface area contributed by atoms with E-state index in [0.29, 0.717) is 29.9 Å². The van der Waals surface area contributed by atoms with Gasteiger partial charge in [0.15, 0.2) is 17.5 Å². The molecule has 1 aromatic carbocycles. The highest BCUT2D eigenvalue weighted by Crippen LogP contribution is 2.23. The number of piperidine rings is 1. The maximum absolute atomic E-state index is 12.3. The first-order valence-corrected chi connectivity index (χ1v) is 9.60. The molecule has 1 saturated heterocycles. The summed E-state index contributed by atoms with van der Waals surface area (Å²) >= 11 is 0. The number of anilines is 1. The fourth-order valence-electron chi connectivity index (χ4n) is 3.34. The van der Waals surface area contributed by atoms with Crippen LogP contribution in [0.4, 0.5) is 5.95 Å². The molecule has 0 aliphatic carbocycles. The summed E-state index contributed by atoms with van der Waals surface area (Å²) in [6.07, 6.45) is 4.43. The van der Waals surface area contributed by atoms with Crippen LogP contribution in [0.25, 0.3) is 11.3 Å². The molecule has 0 bridgehead atoms. The molecule has 4 rings (SSSR count). The lowest BCUT2D eigenvalue weighted by Gasteiger charge is -2.19. The Balaban J connectivity index is 0.00000240. The van der Waals surface area contributed by atoms with E-state index in [1.807, 2.05) is 30.3 Å². The van der Waals surface area contributed by atoms with Crippen LogP contribution in [0.1, 0.15) is 36.9 Å². The van der Waals surface area contributed by atoms with E-state index in [1.54, 1.807) is 17.9 Å². The molecule has 2 aromatic heterocycles. The molecule has 2 N–H and O–H groups in total. The number of carbonyl (C=O) groups is 1. The number of benzene rings is 1. The Bertz CT molecular complexity index is 934. The van der Waals surface area contributed by atoms with Crippen LogP contribution in [0.5, 0.6) is 0 Å². The first-order valence-electron chi connectivity index (χ1n) is 9.60. The normalized spacial score (nSPS) is 14.4. The number of hydrogen-bond donors (Lipinski definition) is 2. The van der Waals surface area contributed by atoms with Crippen LogP contribution in [0.3, 0.4) is 0 Å². The topological polar surface area (TPSA) is 97.9 Å².